The molecule has 2 rings (SSSR count). The molecule has 15 heavy (non-hydrogen) atoms. The third-order valence-electron chi connectivity index (χ3n) is 3.18. The highest BCUT2D eigenvalue weighted by Gasteiger charge is 2.18. The Hall–Kier alpha value is -0.0900. The van der Waals surface area contributed by atoms with Crippen molar-refractivity contribution in [1.82, 2.24) is 0 Å². The molecule has 1 heterocycles. The standard InChI is InChI=1S/C13H17IO/c1-3-4-5-10-6-13(14)12-8-15-7-11(12)9(10)2/h6H,3-5,7-8H2,1-2H3. The molecule has 0 bridgehead atoms. The van der Waals surface area contributed by atoms with Crippen LogP contribution in [0, 0.1) is 10.5 Å². The second kappa shape index (κ2) is 4.83. The van der Waals surface area contributed by atoms with Crippen LogP contribution in [0.1, 0.15) is 42.0 Å². The van der Waals surface area contributed by atoms with Crippen LogP contribution in [0.5, 0.6) is 0 Å². The normalized spacial score (nSPS) is 14.3. The molecule has 0 unspecified atom stereocenters. The molecular weight excluding hydrogens is 299 g/mol. The highest BCUT2D eigenvalue weighted by atomic mass is 127. The van der Waals surface area contributed by atoms with Crippen molar-refractivity contribution < 1.29 is 4.74 Å². The minimum absolute atomic E-state index is 0.808. The van der Waals surface area contributed by atoms with Gasteiger partial charge >= 0.3 is 0 Å². The maximum absolute atomic E-state index is 5.53. The molecule has 1 aliphatic rings. The van der Waals surface area contributed by atoms with Crippen LogP contribution in [0.4, 0.5) is 0 Å². The fourth-order valence-corrected chi connectivity index (χ4v) is 3.00. The summed E-state index contributed by atoms with van der Waals surface area (Å²) in [6, 6.07) is 2.35. The van der Waals surface area contributed by atoms with Crippen molar-refractivity contribution in [1.29, 1.82) is 0 Å². The Bertz CT molecular complexity index is 371. The Morgan fingerprint density at radius 3 is 2.80 bits per heavy atom. The Labute approximate surface area is 105 Å². The fourth-order valence-electron chi connectivity index (χ4n) is 2.15. The van der Waals surface area contributed by atoms with E-state index in [0.29, 0.717) is 0 Å². The van der Waals surface area contributed by atoms with Gasteiger partial charge < -0.3 is 4.74 Å². The van der Waals surface area contributed by atoms with Crippen LogP contribution in [0.25, 0.3) is 0 Å². The predicted molar refractivity (Wildman–Crippen MR) is 71.0 cm³/mol. The highest BCUT2D eigenvalue weighted by molar-refractivity contribution is 14.1. The molecule has 0 radical (unpaired) electrons. The van der Waals surface area contributed by atoms with Crippen LogP contribution in [-0.2, 0) is 24.4 Å². The van der Waals surface area contributed by atoms with Crippen molar-refractivity contribution in [2.75, 3.05) is 0 Å². The summed E-state index contributed by atoms with van der Waals surface area (Å²) in [5, 5.41) is 0. The van der Waals surface area contributed by atoms with Crippen LogP contribution in [0.3, 0.4) is 0 Å². The van der Waals surface area contributed by atoms with Crippen molar-refractivity contribution in [2.45, 2.75) is 46.3 Å². The van der Waals surface area contributed by atoms with E-state index in [9.17, 15) is 0 Å². The van der Waals surface area contributed by atoms with E-state index >= 15 is 0 Å². The Balaban J connectivity index is 2.36. The molecule has 0 atom stereocenters. The molecule has 82 valence electrons. The number of hydrogen-bond acceptors (Lipinski definition) is 1. The largest absolute Gasteiger partial charge is 0.372 e. The number of halogens is 1. The molecule has 1 nitrogen and oxygen atoms in total. The van der Waals surface area contributed by atoms with E-state index in [1.54, 1.807) is 0 Å². The lowest BCUT2D eigenvalue weighted by molar-refractivity contribution is 0.134. The number of rotatable bonds is 3. The Morgan fingerprint density at radius 2 is 2.07 bits per heavy atom. The number of benzene rings is 1. The zero-order chi connectivity index (χ0) is 10.8. The lowest BCUT2D eigenvalue weighted by Crippen LogP contribution is -1.98. The second-order valence-corrected chi connectivity index (χ2v) is 5.36. The van der Waals surface area contributed by atoms with Crippen molar-refractivity contribution in [3.63, 3.8) is 0 Å². The van der Waals surface area contributed by atoms with Crippen molar-refractivity contribution in [3.8, 4) is 0 Å². The van der Waals surface area contributed by atoms with Gasteiger partial charge in [0.25, 0.3) is 0 Å². The van der Waals surface area contributed by atoms with Gasteiger partial charge in [0.05, 0.1) is 13.2 Å². The molecule has 1 aromatic carbocycles. The van der Waals surface area contributed by atoms with Gasteiger partial charge in [0.1, 0.15) is 0 Å². The quantitative estimate of drug-likeness (QED) is 0.767. The van der Waals surface area contributed by atoms with Gasteiger partial charge in [-0.3, -0.25) is 0 Å². The summed E-state index contributed by atoms with van der Waals surface area (Å²) < 4.78 is 6.92. The predicted octanol–water partition coefficient (Wildman–Crippen LogP) is 3.97. The summed E-state index contributed by atoms with van der Waals surface area (Å²) in [4.78, 5) is 0. The number of fused-ring (bicyclic) bond motifs is 1. The number of aryl methyl sites for hydroxylation is 1. The Kier molecular flexibility index (Phi) is 3.67. The molecule has 2 heteroatoms. The third kappa shape index (κ3) is 2.21. The lowest BCUT2D eigenvalue weighted by atomic mass is 9.96. The summed E-state index contributed by atoms with van der Waals surface area (Å²) in [6.45, 7) is 6.12. The average molecular weight is 316 g/mol. The number of ether oxygens (including phenoxy) is 1. The smallest absolute Gasteiger partial charge is 0.0735 e. The van der Waals surface area contributed by atoms with Gasteiger partial charge in [-0.1, -0.05) is 13.3 Å². The Morgan fingerprint density at radius 1 is 1.33 bits per heavy atom. The molecule has 0 aliphatic carbocycles. The fraction of sp³-hybridized carbons (Fsp3) is 0.538. The molecule has 0 spiro atoms. The number of unbranched alkanes of at least 4 members (excludes halogenated alkanes) is 1. The molecule has 0 amide bonds. The second-order valence-electron chi connectivity index (χ2n) is 4.20. The van der Waals surface area contributed by atoms with E-state index in [2.05, 4.69) is 42.5 Å². The third-order valence-corrected chi connectivity index (χ3v) is 4.14. The lowest BCUT2D eigenvalue weighted by Gasteiger charge is -2.11. The zero-order valence-electron chi connectivity index (χ0n) is 9.40. The summed E-state index contributed by atoms with van der Waals surface area (Å²) in [6.07, 6.45) is 3.77. The van der Waals surface area contributed by atoms with Crippen molar-refractivity contribution in [3.05, 3.63) is 31.9 Å². The van der Waals surface area contributed by atoms with E-state index in [1.165, 1.54) is 45.1 Å². The molecular formula is C13H17IO. The van der Waals surface area contributed by atoms with E-state index in [4.69, 9.17) is 4.74 Å². The zero-order valence-corrected chi connectivity index (χ0v) is 11.6. The van der Waals surface area contributed by atoms with Gasteiger partial charge in [0, 0.05) is 3.57 Å². The minimum Gasteiger partial charge on any atom is -0.372 e. The van der Waals surface area contributed by atoms with Crippen LogP contribution >= 0.6 is 22.6 Å². The molecule has 0 saturated carbocycles. The first-order valence-electron chi connectivity index (χ1n) is 5.61. The van der Waals surface area contributed by atoms with E-state index in [1.807, 2.05) is 0 Å². The van der Waals surface area contributed by atoms with E-state index in [-0.39, 0.29) is 0 Å². The van der Waals surface area contributed by atoms with Crippen molar-refractivity contribution in [2.24, 2.45) is 0 Å². The summed E-state index contributed by atoms with van der Waals surface area (Å²) in [5.74, 6) is 0. The van der Waals surface area contributed by atoms with Gasteiger partial charge in [0.15, 0.2) is 0 Å². The first-order valence-corrected chi connectivity index (χ1v) is 6.69. The van der Waals surface area contributed by atoms with Gasteiger partial charge in [-0.05, 0) is 70.7 Å². The van der Waals surface area contributed by atoms with E-state index in [0.717, 1.165) is 13.2 Å². The highest BCUT2D eigenvalue weighted by Crippen LogP contribution is 2.30. The monoisotopic (exact) mass is 316 g/mol. The molecule has 0 fully saturated rings. The SMILES string of the molecule is CCCCc1cc(I)c2c(c1C)COC2. The average Bonchev–Trinajstić information content (AvgIpc) is 2.70. The van der Waals surface area contributed by atoms with Crippen LogP contribution < -0.4 is 0 Å². The van der Waals surface area contributed by atoms with Crippen LogP contribution in [0.15, 0.2) is 6.07 Å². The van der Waals surface area contributed by atoms with Crippen LogP contribution in [0.2, 0.25) is 0 Å². The molecule has 1 aliphatic heterocycles. The molecule has 0 N–H and O–H groups in total. The minimum atomic E-state index is 0.808. The molecule has 0 saturated heterocycles. The van der Waals surface area contributed by atoms with E-state index < -0.39 is 0 Å². The van der Waals surface area contributed by atoms with Crippen LogP contribution in [-0.4, -0.2) is 0 Å². The van der Waals surface area contributed by atoms with Gasteiger partial charge in [-0.15, -0.1) is 0 Å². The summed E-state index contributed by atoms with van der Waals surface area (Å²) >= 11 is 2.44. The number of hydrogen-bond donors (Lipinski definition) is 0. The van der Waals surface area contributed by atoms with Gasteiger partial charge in [-0.2, -0.15) is 0 Å². The first-order chi connectivity index (χ1) is 7.24. The topological polar surface area (TPSA) is 9.23 Å². The van der Waals surface area contributed by atoms with Crippen molar-refractivity contribution >= 4 is 22.6 Å². The maximum Gasteiger partial charge on any atom is 0.0735 e. The molecule has 0 aromatic heterocycles. The summed E-state index contributed by atoms with van der Waals surface area (Å²) in [5.41, 5.74) is 5.86. The molecule has 1 aromatic rings. The van der Waals surface area contributed by atoms with Gasteiger partial charge in [0.2, 0.25) is 0 Å². The first kappa shape index (κ1) is 11.4. The van der Waals surface area contributed by atoms with Gasteiger partial charge in [-0.25, -0.2) is 0 Å². The summed E-state index contributed by atoms with van der Waals surface area (Å²) in [7, 11) is 0. The maximum atomic E-state index is 5.53.